The van der Waals surface area contributed by atoms with Crippen LogP contribution in [0.2, 0.25) is 0 Å². The monoisotopic (exact) mass is 374 g/mol. The molecule has 27 heavy (non-hydrogen) atoms. The third kappa shape index (κ3) is 4.90. The van der Waals surface area contributed by atoms with Gasteiger partial charge in [0.15, 0.2) is 0 Å². The fraction of sp³-hybridized carbons (Fsp3) is 0.762. The Bertz CT molecular complexity index is 665. The Morgan fingerprint density at radius 2 is 1.85 bits per heavy atom. The molecule has 6 nitrogen and oxygen atoms in total. The van der Waals surface area contributed by atoms with Gasteiger partial charge in [0.1, 0.15) is 17.2 Å². The molecule has 2 heterocycles. The molecule has 1 amide bonds. The maximum atomic E-state index is 12.6. The number of likely N-dealkylation sites (tertiary alicyclic amines) is 1. The number of carbonyl (C=O) groups excluding carboxylic acids is 1. The Morgan fingerprint density at radius 3 is 2.52 bits per heavy atom. The average Bonchev–Trinajstić information content (AvgIpc) is 3.10. The number of ether oxygens (including phenoxy) is 1. The summed E-state index contributed by atoms with van der Waals surface area (Å²) in [6, 6.07) is 2.60. The predicted octanol–water partition coefficient (Wildman–Crippen LogP) is 4.63. The molecular formula is C21H34N4O2. The lowest BCUT2D eigenvalue weighted by Crippen LogP contribution is -2.37. The molecular weight excluding hydrogens is 340 g/mol. The number of anilines is 1. The van der Waals surface area contributed by atoms with Crippen molar-refractivity contribution >= 4 is 11.9 Å². The van der Waals surface area contributed by atoms with Crippen LogP contribution in [0.15, 0.2) is 6.07 Å². The molecule has 2 fully saturated rings. The summed E-state index contributed by atoms with van der Waals surface area (Å²) in [5.41, 5.74) is 0.446. The Balaban J connectivity index is 1.81. The van der Waals surface area contributed by atoms with Crippen molar-refractivity contribution in [2.75, 3.05) is 18.5 Å². The van der Waals surface area contributed by atoms with Gasteiger partial charge in [-0.15, -0.1) is 0 Å². The zero-order valence-corrected chi connectivity index (χ0v) is 17.5. The first-order valence-electron chi connectivity index (χ1n) is 10.3. The predicted molar refractivity (Wildman–Crippen MR) is 107 cm³/mol. The standard InChI is InChI=1S/C21H34N4O2/c1-15-22-17(14-19(23-15)24(5)16-10-7-6-8-11-16)18-12-9-13-25(18)20(26)27-21(2,3)4/h14,16,18H,6-13H2,1-5H3/t18-/m0/s1. The van der Waals surface area contributed by atoms with Gasteiger partial charge in [0.2, 0.25) is 0 Å². The molecule has 1 atom stereocenters. The van der Waals surface area contributed by atoms with E-state index in [2.05, 4.69) is 28.0 Å². The highest BCUT2D eigenvalue weighted by Crippen LogP contribution is 2.34. The van der Waals surface area contributed by atoms with Crippen molar-refractivity contribution in [1.29, 1.82) is 0 Å². The molecule has 0 aromatic carbocycles. The largest absolute Gasteiger partial charge is 0.444 e. The van der Waals surface area contributed by atoms with Crippen molar-refractivity contribution in [2.24, 2.45) is 0 Å². The second-order valence-corrected chi connectivity index (χ2v) is 8.93. The molecule has 1 saturated carbocycles. The summed E-state index contributed by atoms with van der Waals surface area (Å²) in [5.74, 6) is 1.74. The third-order valence-corrected chi connectivity index (χ3v) is 5.55. The van der Waals surface area contributed by atoms with E-state index in [-0.39, 0.29) is 12.1 Å². The number of hydrogen-bond acceptors (Lipinski definition) is 5. The summed E-state index contributed by atoms with van der Waals surface area (Å²) in [4.78, 5) is 26.2. The second-order valence-electron chi connectivity index (χ2n) is 8.93. The highest BCUT2D eigenvalue weighted by molar-refractivity contribution is 5.69. The lowest BCUT2D eigenvalue weighted by molar-refractivity contribution is 0.0221. The van der Waals surface area contributed by atoms with Crippen LogP contribution in [0.1, 0.15) is 83.3 Å². The van der Waals surface area contributed by atoms with Crippen molar-refractivity contribution in [3.63, 3.8) is 0 Å². The summed E-state index contributed by atoms with van der Waals surface area (Å²) in [6.07, 6.45) is 8.02. The van der Waals surface area contributed by atoms with Gasteiger partial charge in [-0.3, -0.25) is 4.90 Å². The van der Waals surface area contributed by atoms with Crippen molar-refractivity contribution in [3.8, 4) is 0 Å². The number of hydrogen-bond donors (Lipinski definition) is 0. The minimum atomic E-state index is -0.488. The molecule has 150 valence electrons. The van der Waals surface area contributed by atoms with Gasteiger partial charge < -0.3 is 9.64 Å². The van der Waals surface area contributed by atoms with Crippen LogP contribution in [0.4, 0.5) is 10.6 Å². The maximum Gasteiger partial charge on any atom is 0.410 e. The number of aryl methyl sites for hydroxylation is 1. The smallest absolute Gasteiger partial charge is 0.410 e. The fourth-order valence-electron chi connectivity index (χ4n) is 4.19. The van der Waals surface area contributed by atoms with Gasteiger partial charge in [0.25, 0.3) is 0 Å². The molecule has 0 unspecified atom stereocenters. The normalized spacial score (nSPS) is 21.4. The Labute approximate surface area is 163 Å². The fourth-order valence-corrected chi connectivity index (χ4v) is 4.19. The average molecular weight is 375 g/mol. The molecule has 1 aliphatic carbocycles. The first-order chi connectivity index (χ1) is 12.7. The van der Waals surface area contributed by atoms with E-state index in [0.29, 0.717) is 6.04 Å². The molecule has 0 radical (unpaired) electrons. The van der Waals surface area contributed by atoms with Crippen LogP contribution in [-0.2, 0) is 4.74 Å². The van der Waals surface area contributed by atoms with Crippen LogP contribution < -0.4 is 4.90 Å². The Morgan fingerprint density at radius 1 is 1.15 bits per heavy atom. The van der Waals surface area contributed by atoms with E-state index in [1.54, 1.807) is 0 Å². The molecule has 2 aliphatic rings. The van der Waals surface area contributed by atoms with Gasteiger partial charge in [-0.25, -0.2) is 14.8 Å². The maximum absolute atomic E-state index is 12.6. The van der Waals surface area contributed by atoms with Crippen molar-refractivity contribution in [2.45, 2.75) is 90.3 Å². The van der Waals surface area contributed by atoms with Crippen LogP contribution in [0.3, 0.4) is 0 Å². The lowest BCUT2D eigenvalue weighted by Gasteiger charge is -2.33. The molecule has 1 aliphatic heterocycles. The lowest BCUT2D eigenvalue weighted by atomic mass is 9.94. The molecule has 6 heteroatoms. The summed E-state index contributed by atoms with van der Waals surface area (Å²) in [7, 11) is 2.14. The molecule has 1 saturated heterocycles. The van der Waals surface area contributed by atoms with Crippen molar-refractivity contribution in [1.82, 2.24) is 14.9 Å². The summed E-state index contributed by atoms with van der Waals surface area (Å²) >= 11 is 0. The number of amides is 1. The quantitative estimate of drug-likeness (QED) is 0.772. The minimum absolute atomic E-state index is 0.0277. The van der Waals surface area contributed by atoms with E-state index in [4.69, 9.17) is 4.74 Å². The number of rotatable bonds is 3. The third-order valence-electron chi connectivity index (χ3n) is 5.55. The van der Waals surface area contributed by atoms with Gasteiger partial charge >= 0.3 is 6.09 Å². The van der Waals surface area contributed by atoms with Crippen LogP contribution in [0, 0.1) is 6.92 Å². The van der Waals surface area contributed by atoms with Crippen LogP contribution in [-0.4, -0.2) is 46.2 Å². The molecule has 3 rings (SSSR count). The summed E-state index contributed by atoms with van der Waals surface area (Å²) in [6.45, 7) is 8.37. The van der Waals surface area contributed by atoms with Gasteiger partial charge in [-0.05, 0) is 53.4 Å². The number of aromatic nitrogens is 2. The zero-order valence-electron chi connectivity index (χ0n) is 17.5. The number of carbonyl (C=O) groups is 1. The molecule has 0 spiro atoms. The number of nitrogens with zero attached hydrogens (tertiary/aromatic N) is 4. The van der Waals surface area contributed by atoms with E-state index in [1.807, 2.05) is 32.6 Å². The minimum Gasteiger partial charge on any atom is -0.444 e. The van der Waals surface area contributed by atoms with Gasteiger partial charge in [0, 0.05) is 25.7 Å². The van der Waals surface area contributed by atoms with E-state index >= 15 is 0 Å². The summed E-state index contributed by atoms with van der Waals surface area (Å²) in [5, 5.41) is 0. The molecule has 0 N–H and O–H groups in total. The van der Waals surface area contributed by atoms with Gasteiger partial charge in [0.05, 0.1) is 11.7 Å². The Kier molecular flexibility index (Phi) is 5.92. The highest BCUT2D eigenvalue weighted by atomic mass is 16.6. The first-order valence-corrected chi connectivity index (χ1v) is 10.3. The van der Waals surface area contributed by atoms with Crippen molar-refractivity contribution in [3.05, 3.63) is 17.6 Å². The first kappa shape index (κ1) is 19.9. The van der Waals surface area contributed by atoms with Crippen LogP contribution >= 0.6 is 0 Å². The van der Waals surface area contributed by atoms with Crippen LogP contribution in [0.25, 0.3) is 0 Å². The van der Waals surface area contributed by atoms with E-state index in [9.17, 15) is 4.79 Å². The van der Waals surface area contributed by atoms with Gasteiger partial charge in [-0.1, -0.05) is 19.3 Å². The van der Waals surface area contributed by atoms with E-state index < -0.39 is 5.60 Å². The SMILES string of the molecule is Cc1nc([C@@H]2CCCN2C(=O)OC(C)(C)C)cc(N(C)C2CCCCC2)n1. The van der Waals surface area contributed by atoms with Gasteiger partial charge in [-0.2, -0.15) is 0 Å². The van der Waals surface area contributed by atoms with Crippen molar-refractivity contribution < 1.29 is 9.53 Å². The molecule has 1 aromatic heterocycles. The molecule has 0 bridgehead atoms. The van der Waals surface area contributed by atoms with Crippen LogP contribution in [0.5, 0.6) is 0 Å². The highest BCUT2D eigenvalue weighted by Gasteiger charge is 2.34. The molecule has 1 aromatic rings. The topological polar surface area (TPSA) is 58.6 Å². The van der Waals surface area contributed by atoms with E-state index in [0.717, 1.165) is 36.7 Å². The van der Waals surface area contributed by atoms with E-state index in [1.165, 1.54) is 32.1 Å². The second kappa shape index (κ2) is 8.03. The summed E-state index contributed by atoms with van der Waals surface area (Å²) < 4.78 is 5.61. The Hall–Kier alpha value is -1.85. The zero-order chi connectivity index (χ0) is 19.6.